The Hall–Kier alpha value is -1.30. The lowest BCUT2D eigenvalue weighted by atomic mass is 10.3. The molecule has 2 aromatic rings. The standard InChI is InChI=1S/C15H14BrClFNO2/c16-10-2-1-3-13(6-10)21-9-12(20)8-19-15-7-11(18)4-5-14(15)17/h1-7,12,19-20H,8-9H2. The number of benzene rings is 2. The van der Waals surface area contributed by atoms with E-state index >= 15 is 0 Å². The predicted molar refractivity (Wildman–Crippen MR) is 85.5 cm³/mol. The molecule has 0 aliphatic carbocycles. The zero-order chi connectivity index (χ0) is 15.2. The van der Waals surface area contributed by atoms with Crippen LogP contribution >= 0.6 is 27.5 Å². The quantitative estimate of drug-likeness (QED) is 0.800. The molecule has 0 heterocycles. The van der Waals surface area contributed by atoms with Gasteiger partial charge in [-0.15, -0.1) is 0 Å². The summed E-state index contributed by atoms with van der Waals surface area (Å²) >= 11 is 9.26. The number of hydrogen-bond donors (Lipinski definition) is 2. The molecule has 0 amide bonds. The summed E-state index contributed by atoms with van der Waals surface area (Å²) in [5, 5.41) is 13.2. The van der Waals surface area contributed by atoms with Crippen LogP contribution in [0, 0.1) is 5.82 Å². The SMILES string of the molecule is OC(CNc1cc(F)ccc1Cl)COc1cccc(Br)c1. The van der Waals surface area contributed by atoms with Crippen LogP contribution in [-0.4, -0.2) is 24.4 Å². The number of anilines is 1. The van der Waals surface area contributed by atoms with Crippen molar-refractivity contribution in [3.8, 4) is 5.75 Å². The van der Waals surface area contributed by atoms with Crippen molar-refractivity contribution in [2.24, 2.45) is 0 Å². The third-order valence-electron chi connectivity index (χ3n) is 2.70. The molecule has 0 saturated heterocycles. The zero-order valence-electron chi connectivity index (χ0n) is 11.0. The number of ether oxygens (including phenoxy) is 1. The van der Waals surface area contributed by atoms with Crippen molar-refractivity contribution in [1.29, 1.82) is 0 Å². The van der Waals surface area contributed by atoms with E-state index in [2.05, 4.69) is 21.2 Å². The number of aliphatic hydroxyl groups excluding tert-OH is 1. The molecule has 21 heavy (non-hydrogen) atoms. The fraction of sp³-hybridized carbons (Fsp3) is 0.200. The molecule has 2 rings (SSSR count). The van der Waals surface area contributed by atoms with E-state index in [0.717, 1.165) is 4.47 Å². The molecule has 1 unspecified atom stereocenters. The highest BCUT2D eigenvalue weighted by Crippen LogP contribution is 2.22. The molecule has 2 N–H and O–H groups in total. The van der Waals surface area contributed by atoms with Crippen LogP contribution < -0.4 is 10.1 Å². The van der Waals surface area contributed by atoms with Crippen LogP contribution in [0.1, 0.15) is 0 Å². The van der Waals surface area contributed by atoms with E-state index < -0.39 is 6.10 Å². The number of aliphatic hydroxyl groups is 1. The van der Waals surface area contributed by atoms with Crippen LogP contribution in [0.3, 0.4) is 0 Å². The maximum atomic E-state index is 13.1. The molecule has 0 aromatic heterocycles. The molecule has 112 valence electrons. The third-order valence-corrected chi connectivity index (χ3v) is 3.52. The number of halogens is 3. The largest absolute Gasteiger partial charge is 0.491 e. The summed E-state index contributed by atoms with van der Waals surface area (Å²) < 4.78 is 19.5. The van der Waals surface area contributed by atoms with Gasteiger partial charge in [-0.2, -0.15) is 0 Å². The molecule has 2 aromatic carbocycles. The van der Waals surface area contributed by atoms with E-state index in [4.69, 9.17) is 16.3 Å². The van der Waals surface area contributed by atoms with Gasteiger partial charge in [-0.3, -0.25) is 0 Å². The first-order valence-corrected chi connectivity index (χ1v) is 7.47. The minimum absolute atomic E-state index is 0.121. The van der Waals surface area contributed by atoms with Crippen LogP contribution in [0.15, 0.2) is 46.9 Å². The fourth-order valence-corrected chi connectivity index (χ4v) is 2.23. The summed E-state index contributed by atoms with van der Waals surface area (Å²) in [4.78, 5) is 0. The topological polar surface area (TPSA) is 41.5 Å². The first-order chi connectivity index (χ1) is 10.0. The van der Waals surface area contributed by atoms with Gasteiger partial charge >= 0.3 is 0 Å². The van der Waals surface area contributed by atoms with Crippen LogP contribution in [0.5, 0.6) is 5.75 Å². The summed E-state index contributed by atoms with van der Waals surface area (Å²) in [6.07, 6.45) is -0.747. The molecular formula is C15H14BrClFNO2. The lowest BCUT2D eigenvalue weighted by Gasteiger charge is -2.15. The van der Waals surface area contributed by atoms with Gasteiger partial charge in [-0.25, -0.2) is 4.39 Å². The summed E-state index contributed by atoms with van der Waals surface area (Å²) in [5.74, 6) is 0.272. The normalized spacial score (nSPS) is 12.0. The molecule has 3 nitrogen and oxygen atoms in total. The Morgan fingerprint density at radius 2 is 2.10 bits per heavy atom. The highest BCUT2D eigenvalue weighted by Gasteiger charge is 2.08. The molecule has 0 spiro atoms. The van der Waals surface area contributed by atoms with Gasteiger partial charge in [0.05, 0.1) is 10.7 Å². The van der Waals surface area contributed by atoms with Crippen molar-refractivity contribution < 1.29 is 14.2 Å². The van der Waals surface area contributed by atoms with E-state index in [-0.39, 0.29) is 19.0 Å². The van der Waals surface area contributed by atoms with Crippen LogP contribution in [-0.2, 0) is 0 Å². The average molecular weight is 375 g/mol. The molecule has 0 fully saturated rings. The van der Waals surface area contributed by atoms with Gasteiger partial charge in [-0.05, 0) is 36.4 Å². The molecule has 0 bridgehead atoms. The van der Waals surface area contributed by atoms with Gasteiger partial charge in [0.15, 0.2) is 0 Å². The Morgan fingerprint density at radius 3 is 2.86 bits per heavy atom. The van der Waals surface area contributed by atoms with E-state index in [9.17, 15) is 9.50 Å². The van der Waals surface area contributed by atoms with E-state index in [1.165, 1.54) is 18.2 Å². The minimum atomic E-state index is -0.747. The maximum Gasteiger partial charge on any atom is 0.125 e. The molecule has 0 radical (unpaired) electrons. The van der Waals surface area contributed by atoms with Gasteiger partial charge in [-0.1, -0.05) is 33.6 Å². The molecule has 0 aliphatic rings. The van der Waals surface area contributed by atoms with Crippen molar-refractivity contribution >= 4 is 33.2 Å². The van der Waals surface area contributed by atoms with Crippen molar-refractivity contribution in [3.63, 3.8) is 0 Å². The summed E-state index contributed by atoms with van der Waals surface area (Å²) in [6.45, 7) is 0.327. The maximum absolute atomic E-state index is 13.1. The Labute approximate surface area is 135 Å². The highest BCUT2D eigenvalue weighted by molar-refractivity contribution is 9.10. The predicted octanol–water partition coefficient (Wildman–Crippen LogP) is 4.09. The number of hydrogen-bond acceptors (Lipinski definition) is 3. The third kappa shape index (κ3) is 5.19. The second kappa shape index (κ2) is 7.64. The second-order valence-electron chi connectivity index (χ2n) is 4.43. The summed E-state index contributed by atoms with van der Waals surface area (Å²) in [7, 11) is 0. The van der Waals surface area contributed by atoms with Crippen LogP contribution in [0.25, 0.3) is 0 Å². The van der Waals surface area contributed by atoms with Gasteiger partial charge in [0.2, 0.25) is 0 Å². The Morgan fingerprint density at radius 1 is 1.29 bits per heavy atom. The van der Waals surface area contributed by atoms with Gasteiger partial charge in [0.25, 0.3) is 0 Å². The highest BCUT2D eigenvalue weighted by atomic mass is 79.9. The fourth-order valence-electron chi connectivity index (χ4n) is 1.67. The van der Waals surface area contributed by atoms with Crippen molar-refractivity contribution in [2.45, 2.75) is 6.10 Å². The van der Waals surface area contributed by atoms with Gasteiger partial charge in [0.1, 0.15) is 24.3 Å². The molecule has 0 saturated carbocycles. The zero-order valence-corrected chi connectivity index (χ0v) is 13.4. The Kier molecular flexibility index (Phi) is 5.85. The van der Waals surface area contributed by atoms with Crippen molar-refractivity contribution in [1.82, 2.24) is 0 Å². The summed E-state index contributed by atoms with van der Waals surface area (Å²) in [5.41, 5.74) is 0.443. The van der Waals surface area contributed by atoms with E-state index in [1.54, 1.807) is 6.07 Å². The van der Waals surface area contributed by atoms with E-state index in [1.807, 2.05) is 18.2 Å². The van der Waals surface area contributed by atoms with Gasteiger partial charge < -0.3 is 15.2 Å². The Balaban J connectivity index is 1.82. The number of nitrogens with one attached hydrogen (secondary N) is 1. The average Bonchev–Trinajstić information content (AvgIpc) is 2.46. The first-order valence-electron chi connectivity index (χ1n) is 6.30. The molecule has 1 atom stereocenters. The van der Waals surface area contributed by atoms with Crippen molar-refractivity contribution in [3.05, 3.63) is 57.8 Å². The smallest absolute Gasteiger partial charge is 0.125 e. The molecular weight excluding hydrogens is 361 g/mol. The lowest BCUT2D eigenvalue weighted by Crippen LogP contribution is -2.26. The minimum Gasteiger partial charge on any atom is -0.491 e. The number of rotatable bonds is 6. The van der Waals surface area contributed by atoms with Crippen LogP contribution in [0.2, 0.25) is 5.02 Å². The first kappa shape index (κ1) is 16.1. The molecule has 6 heteroatoms. The van der Waals surface area contributed by atoms with E-state index in [0.29, 0.717) is 16.5 Å². The van der Waals surface area contributed by atoms with Crippen LogP contribution in [0.4, 0.5) is 10.1 Å². The van der Waals surface area contributed by atoms with Gasteiger partial charge in [0, 0.05) is 11.0 Å². The lowest BCUT2D eigenvalue weighted by molar-refractivity contribution is 0.117. The molecule has 0 aliphatic heterocycles. The monoisotopic (exact) mass is 373 g/mol. The second-order valence-corrected chi connectivity index (χ2v) is 5.75. The van der Waals surface area contributed by atoms with Crippen molar-refractivity contribution in [2.75, 3.05) is 18.5 Å². The summed E-state index contributed by atoms with van der Waals surface area (Å²) in [6, 6.07) is 11.4. The Bertz CT molecular complexity index is 612.